The van der Waals surface area contributed by atoms with Gasteiger partial charge in [0.05, 0.1) is 0 Å². The summed E-state index contributed by atoms with van der Waals surface area (Å²) < 4.78 is 4.84. The number of anilines is 1. The van der Waals surface area contributed by atoms with Crippen LogP contribution in [0.4, 0.5) is 5.69 Å². The number of nitrogens with two attached hydrogens (primary N) is 1. The quantitative estimate of drug-likeness (QED) is 0.904. The zero-order chi connectivity index (χ0) is 12.7. The van der Waals surface area contributed by atoms with Gasteiger partial charge in [0.15, 0.2) is 4.34 Å². The Kier molecular flexibility index (Phi) is 2.81. The van der Waals surface area contributed by atoms with Gasteiger partial charge in [0, 0.05) is 23.2 Å². The zero-order valence-corrected chi connectivity index (χ0v) is 11.2. The van der Waals surface area contributed by atoms with E-state index in [4.69, 9.17) is 5.73 Å². The number of benzene rings is 1. The lowest BCUT2D eigenvalue weighted by Crippen LogP contribution is -2.27. The summed E-state index contributed by atoms with van der Waals surface area (Å²) in [5.41, 5.74) is 7.60. The summed E-state index contributed by atoms with van der Waals surface area (Å²) in [5.74, 6) is -0.0666. The van der Waals surface area contributed by atoms with Crippen LogP contribution in [-0.2, 0) is 4.79 Å². The van der Waals surface area contributed by atoms with Gasteiger partial charge in [-0.3, -0.25) is 4.79 Å². The number of hydrogen-bond donors (Lipinski definition) is 1. The number of likely N-dealkylation sites (N-methyl/N-ethyl adjacent to an activating group) is 1. The maximum atomic E-state index is 11.8. The van der Waals surface area contributed by atoms with Crippen LogP contribution in [0.3, 0.4) is 0 Å². The van der Waals surface area contributed by atoms with E-state index in [1.165, 1.54) is 29.6 Å². The highest BCUT2D eigenvalue weighted by molar-refractivity contribution is 8.01. The fourth-order valence-electron chi connectivity index (χ4n) is 1.91. The predicted octanol–water partition coefficient (Wildman–Crippen LogP) is 1.67. The molecule has 1 unspecified atom stereocenters. The monoisotopic (exact) mass is 278 g/mol. The Morgan fingerprint density at radius 2 is 2.33 bits per heavy atom. The van der Waals surface area contributed by atoms with Crippen molar-refractivity contribution >= 4 is 34.9 Å². The molecule has 0 radical (unpaired) electrons. The molecule has 1 amide bonds. The van der Waals surface area contributed by atoms with E-state index in [9.17, 15) is 4.79 Å². The van der Waals surface area contributed by atoms with Gasteiger partial charge in [-0.25, -0.2) is 4.98 Å². The lowest BCUT2D eigenvalue weighted by molar-refractivity contribution is -0.118. The van der Waals surface area contributed by atoms with Crippen molar-refractivity contribution in [2.24, 2.45) is 5.73 Å². The standard InChI is InChI=1S/C11H10N4OS2/c1-15-8-4-6(17-11-13-5-14-18-11)2-3-7(8)9(12)10(15)16/h2-5,9H,12H2,1H3. The van der Waals surface area contributed by atoms with Crippen LogP contribution in [0.2, 0.25) is 0 Å². The van der Waals surface area contributed by atoms with Crippen LogP contribution >= 0.6 is 23.3 Å². The average molecular weight is 278 g/mol. The molecule has 2 N–H and O–H groups in total. The second kappa shape index (κ2) is 4.34. The van der Waals surface area contributed by atoms with Crippen LogP contribution in [0, 0.1) is 0 Å². The van der Waals surface area contributed by atoms with Crippen molar-refractivity contribution in [3.8, 4) is 0 Å². The third kappa shape index (κ3) is 1.80. The van der Waals surface area contributed by atoms with Crippen LogP contribution in [0.1, 0.15) is 11.6 Å². The fourth-order valence-corrected chi connectivity index (χ4v) is 3.36. The molecular weight excluding hydrogens is 268 g/mol. The van der Waals surface area contributed by atoms with Crippen molar-refractivity contribution in [2.45, 2.75) is 15.3 Å². The average Bonchev–Trinajstić information content (AvgIpc) is 2.95. The summed E-state index contributed by atoms with van der Waals surface area (Å²) in [7, 11) is 1.74. The molecular formula is C11H10N4OS2. The number of fused-ring (bicyclic) bond motifs is 1. The molecule has 1 atom stereocenters. The van der Waals surface area contributed by atoms with E-state index in [1.807, 2.05) is 18.2 Å². The van der Waals surface area contributed by atoms with E-state index in [1.54, 1.807) is 11.9 Å². The van der Waals surface area contributed by atoms with Crippen molar-refractivity contribution in [3.05, 3.63) is 30.1 Å². The number of carbonyl (C=O) groups excluding carboxylic acids is 1. The van der Waals surface area contributed by atoms with Crippen LogP contribution in [0.5, 0.6) is 0 Å². The molecule has 3 rings (SSSR count). The zero-order valence-electron chi connectivity index (χ0n) is 9.53. The predicted molar refractivity (Wildman–Crippen MR) is 70.8 cm³/mol. The summed E-state index contributed by atoms with van der Waals surface area (Å²) >= 11 is 2.88. The Morgan fingerprint density at radius 3 is 3.06 bits per heavy atom. The second-order valence-corrected chi connectivity index (χ2v) is 6.01. The van der Waals surface area contributed by atoms with E-state index in [2.05, 4.69) is 9.36 Å². The molecule has 1 aromatic heterocycles. The molecule has 0 saturated heterocycles. The first kappa shape index (κ1) is 11.6. The van der Waals surface area contributed by atoms with E-state index in [0.717, 1.165) is 20.5 Å². The third-order valence-corrected chi connectivity index (χ3v) is 4.55. The maximum Gasteiger partial charge on any atom is 0.248 e. The highest BCUT2D eigenvalue weighted by Crippen LogP contribution is 2.38. The van der Waals surface area contributed by atoms with Crippen LogP contribution in [0.25, 0.3) is 0 Å². The molecule has 1 aliphatic heterocycles. The Morgan fingerprint density at radius 1 is 1.50 bits per heavy atom. The van der Waals surface area contributed by atoms with Gasteiger partial charge >= 0.3 is 0 Å². The molecule has 0 saturated carbocycles. The van der Waals surface area contributed by atoms with Crippen LogP contribution in [0.15, 0.2) is 33.8 Å². The number of rotatable bonds is 2. The van der Waals surface area contributed by atoms with Crippen LogP contribution < -0.4 is 10.6 Å². The molecule has 0 aliphatic carbocycles. The van der Waals surface area contributed by atoms with E-state index in [0.29, 0.717) is 0 Å². The smallest absolute Gasteiger partial charge is 0.248 e. The Bertz CT molecular complexity index is 599. The van der Waals surface area contributed by atoms with Gasteiger partial charge in [-0.05, 0) is 23.7 Å². The van der Waals surface area contributed by atoms with Gasteiger partial charge in [0.2, 0.25) is 5.91 Å². The molecule has 92 valence electrons. The third-order valence-electron chi connectivity index (χ3n) is 2.84. The molecule has 0 spiro atoms. The van der Waals surface area contributed by atoms with Gasteiger partial charge in [0.25, 0.3) is 0 Å². The normalized spacial score (nSPS) is 18.2. The van der Waals surface area contributed by atoms with Crippen molar-refractivity contribution < 1.29 is 4.79 Å². The number of amides is 1. The van der Waals surface area contributed by atoms with E-state index < -0.39 is 6.04 Å². The largest absolute Gasteiger partial charge is 0.316 e. The van der Waals surface area contributed by atoms with Gasteiger partial charge in [0.1, 0.15) is 12.4 Å². The van der Waals surface area contributed by atoms with Crippen molar-refractivity contribution in [1.29, 1.82) is 0 Å². The van der Waals surface area contributed by atoms with Crippen molar-refractivity contribution in [1.82, 2.24) is 9.36 Å². The number of aromatic nitrogens is 2. The maximum absolute atomic E-state index is 11.8. The first-order valence-electron chi connectivity index (χ1n) is 5.28. The highest BCUT2D eigenvalue weighted by atomic mass is 32.2. The Hall–Kier alpha value is -1.44. The summed E-state index contributed by atoms with van der Waals surface area (Å²) in [6.07, 6.45) is 1.53. The van der Waals surface area contributed by atoms with Gasteiger partial charge in [-0.15, -0.1) is 0 Å². The van der Waals surface area contributed by atoms with Gasteiger partial charge in [-0.2, -0.15) is 4.37 Å². The van der Waals surface area contributed by atoms with Crippen molar-refractivity contribution in [3.63, 3.8) is 0 Å². The summed E-state index contributed by atoms with van der Waals surface area (Å²) in [4.78, 5) is 18.5. The van der Waals surface area contributed by atoms with Gasteiger partial charge < -0.3 is 10.6 Å². The molecule has 5 nitrogen and oxygen atoms in total. The number of hydrogen-bond acceptors (Lipinski definition) is 6. The van der Waals surface area contributed by atoms with E-state index >= 15 is 0 Å². The topological polar surface area (TPSA) is 72.1 Å². The highest BCUT2D eigenvalue weighted by Gasteiger charge is 2.32. The van der Waals surface area contributed by atoms with Gasteiger partial charge in [-0.1, -0.05) is 17.8 Å². The minimum Gasteiger partial charge on any atom is -0.316 e. The first-order valence-corrected chi connectivity index (χ1v) is 6.87. The number of carbonyl (C=O) groups is 1. The molecule has 1 aliphatic rings. The lowest BCUT2D eigenvalue weighted by atomic mass is 10.1. The lowest BCUT2D eigenvalue weighted by Gasteiger charge is -2.10. The van der Waals surface area contributed by atoms with E-state index in [-0.39, 0.29) is 5.91 Å². The molecule has 0 bridgehead atoms. The number of nitrogens with zero attached hydrogens (tertiary/aromatic N) is 3. The molecule has 0 fully saturated rings. The summed E-state index contributed by atoms with van der Waals surface area (Å²) in [5, 5.41) is 0. The molecule has 18 heavy (non-hydrogen) atoms. The second-order valence-electron chi connectivity index (χ2n) is 3.90. The molecule has 1 aromatic carbocycles. The summed E-state index contributed by atoms with van der Waals surface area (Å²) in [6.45, 7) is 0. The molecule has 2 heterocycles. The molecule has 7 heteroatoms. The van der Waals surface area contributed by atoms with Crippen LogP contribution in [-0.4, -0.2) is 22.3 Å². The fraction of sp³-hybridized carbons (Fsp3) is 0.182. The molecule has 2 aromatic rings. The minimum absolute atomic E-state index is 0.0666. The first-order chi connectivity index (χ1) is 8.66. The Balaban J connectivity index is 1.95. The Labute approximate surface area is 112 Å². The SMILES string of the molecule is CN1C(=O)C(N)c2ccc(Sc3ncns3)cc21. The summed E-state index contributed by atoms with van der Waals surface area (Å²) in [6, 6.07) is 5.29. The van der Waals surface area contributed by atoms with Crippen molar-refractivity contribution in [2.75, 3.05) is 11.9 Å². The minimum atomic E-state index is -0.537.